The first kappa shape index (κ1) is 19.5. The molecular formula is C18H18Cl2N2O2S. The minimum Gasteiger partial charge on any atom is -0.493 e. The normalized spacial score (nSPS) is 10.2. The van der Waals surface area contributed by atoms with E-state index in [4.69, 9.17) is 40.2 Å². The topological polar surface area (TPSA) is 50.4 Å². The molecule has 0 atom stereocenters. The van der Waals surface area contributed by atoms with Gasteiger partial charge in [0, 0.05) is 22.2 Å². The van der Waals surface area contributed by atoms with E-state index in [0.717, 1.165) is 17.7 Å². The van der Waals surface area contributed by atoms with Crippen LogP contribution in [0, 0.1) is 6.92 Å². The lowest BCUT2D eigenvalue weighted by Crippen LogP contribution is -2.39. The van der Waals surface area contributed by atoms with Gasteiger partial charge in [-0.1, -0.05) is 23.2 Å². The number of amides is 1. The molecule has 25 heavy (non-hydrogen) atoms. The second kappa shape index (κ2) is 9.61. The SMILES string of the molecule is Cc1cc(Cl)ccc1OCCCNC(=S)NC(=O)c1ccc(Cl)cc1. The van der Waals surface area contributed by atoms with Crippen molar-refractivity contribution >= 4 is 46.4 Å². The Bertz CT molecular complexity index is 751. The summed E-state index contributed by atoms with van der Waals surface area (Å²) in [6, 6.07) is 12.1. The molecule has 7 heteroatoms. The number of carbonyl (C=O) groups excluding carboxylic acids is 1. The molecule has 0 radical (unpaired) electrons. The average molecular weight is 397 g/mol. The van der Waals surface area contributed by atoms with E-state index >= 15 is 0 Å². The summed E-state index contributed by atoms with van der Waals surface area (Å²) in [7, 11) is 0. The van der Waals surface area contributed by atoms with Crippen molar-refractivity contribution in [2.75, 3.05) is 13.2 Å². The van der Waals surface area contributed by atoms with Gasteiger partial charge in [-0.15, -0.1) is 0 Å². The van der Waals surface area contributed by atoms with E-state index in [2.05, 4.69) is 10.6 Å². The van der Waals surface area contributed by atoms with Gasteiger partial charge in [-0.2, -0.15) is 0 Å². The molecule has 0 aliphatic carbocycles. The molecule has 0 saturated carbocycles. The van der Waals surface area contributed by atoms with Gasteiger partial charge in [-0.05, 0) is 73.6 Å². The lowest BCUT2D eigenvalue weighted by molar-refractivity contribution is 0.0976. The number of ether oxygens (including phenoxy) is 1. The molecule has 0 bridgehead atoms. The molecule has 4 nitrogen and oxygen atoms in total. The number of hydrogen-bond acceptors (Lipinski definition) is 3. The number of nitrogens with one attached hydrogen (secondary N) is 2. The second-order valence-electron chi connectivity index (χ2n) is 5.33. The zero-order chi connectivity index (χ0) is 18.2. The van der Waals surface area contributed by atoms with Crippen molar-refractivity contribution in [2.45, 2.75) is 13.3 Å². The van der Waals surface area contributed by atoms with Gasteiger partial charge in [0.05, 0.1) is 6.61 Å². The number of carbonyl (C=O) groups is 1. The van der Waals surface area contributed by atoms with E-state index < -0.39 is 0 Å². The molecule has 132 valence electrons. The number of thiocarbonyl (C=S) groups is 1. The fourth-order valence-electron chi connectivity index (χ4n) is 2.05. The minimum atomic E-state index is -0.276. The first-order valence-corrected chi connectivity index (χ1v) is 8.86. The number of rotatable bonds is 6. The maximum Gasteiger partial charge on any atom is 0.257 e. The van der Waals surface area contributed by atoms with Gasteiger partial charge in [-0.25, -0.2) is 0 Å². The van der Waals surface area contributed by atoms with Crippen LogP contribution >= 0.6 is 35.4 Å². The van der Waals surface area contributed by atoms with Crippen LogP contribution in [0.5, 0.6) is 5.75 Å². The third-order valence-electron chi connectivity index (χ3n) is 3.33. The largest absolute Gasteiger partial charge is 0.493 e. The molecule has 0 aromatic heterocycles. The van der Waals surface area contributed by atoms with Gasteiger partial charge in [0.1, 0.15) is 5.75 Å². The van der Waals surface area contributed by atoms with Crippen LogP contribution in [-0.2, 0) is 0 Å². The maximum absolute atomic E-state index is 12.0. The van der Waals surface area contributed by atoms with Crippen molar-refractivity contribution in [1.29, 1.82) is 0 Å². The fourth-order valence-corrected chi connectivity index (χ4v) is 2.60. The molecule has 2 aromatic rings. The molecule has 2 N–H and O–H groups in total. The summed E-state index contributed by atoms with van der Waals surface area (Å²) in [5, 5.41) is 7.14. The van der Waals surface area contributed by atoms with Gasteiger partial charge >= 0.3 is 0 Å². The van der Waals surface area contributed by atoms with Crippen LogP contribution in [0.2, 0.25) is 10.0 Å². The van der Waals surface area contributed by atoms with Crippen molar-refractivity contribution < 1.29 is 9.53 Å². The Morgan fingerprint density at radius 2 is 1.80 bits per heavy atom. The van der Waals surface area contributed by atoms with Crippen molar-refractivity contribution in [3.63, 3.8) is 0 Å². The Morgan fingerprint density at radius 3 is 2.48 bits per heavy atom. The average Bonchev–Trinajstić information content (AvgIpc) is 2.56. The van der Waals surface area contributed by atoms with Crippen LogP contribution in [-0.4, -0.2) is 24.2 Å². The third-order valence-corrected chi connectivity index (χ3v) is 4.07. The van der Waals surface area contributed by atoms with Gasteiger partial charge in [0.15, 0.2) is 5.11 Å². The lowest BCUT2D eigenvalue weighted by Gasteiger charge is -2.11. The fraction of sp³-hybridized carbons (Fsp3) is 0.222. The Kier molecular flexibility index (Phi) is 7.50. The highest BCUT2D eigenvalue weighted by Gasteiger charge is 2.07. The lowest BCUT2D eigenvalue weighted by atomic mass is 10.2. The highest BCUT2D eigenvalue weighted by Crippen LogP contribution is 2.21. The number of aryl methyl sites for hydroxylation is 1. The standard InChI is InChI=1S/C18H18Cl2N2O2S/c1-12-11-15(20)7-8-16(12)24-10-2-9-21-18(25)22-17(23)13-3-5-14(19)6-4-13/h3-8,11H,2,9-10H2,1H3,(H2,21,22,23,25). The van der Waals surface area contributed by atoms with E-state index in [0.29, 0.717) is 28.8 Å². The highest BCUT2D eigenvalue weighted by atomic mass is 35.5. The molecular weight excluding hydrogens is 379 g/mol. The minimum absolute atomic E-state index is 0.276. The Morgan fingerprint density at radius 1 is 1.12 bits per heavy atom. The van der Waals surface area contributed by atoms with Crippen LogP contribution in [0.4, 0.5) is 0 Å². The van der Waals surface area contributed by atoms with E-state index in [9.17, 15) is 4.79 Å². The summed E-state index contributed by atoms with van der Waals surface area (Å²) in [5.41, 5.74) is 1.49. The molecule has 1 amide bonds. The molecule has 0 unspecified atom stereocenters. The molecule has 0 heterocycles. The molecule has 0 aliphatic rings. The second-order valence-corrected chi connectivity index (χ2v) is 6.61. The van der Waals surface area contributed by atoms with E-state index in [1.54, 1.807) is 30.3 Å². The van der Waals surface area contributed by atoms with Gasteiger partial charge in [0.2, 0.25) is 0 Å². The smallest absolute Gasteiger partial charge is 0.257 e. The Labute approximate surface area is 162 Å². The van der Waals surface area contributed by atoms with E-state index in [-0.39, 0.29) is 11.0 Å². The quantitative estimate of drug-likeness (QED) is 0.561. The van der Waals surface area contributed by atoms with E-state index in [1.165, 1.54) is 0 Å². The summed E-state index contributed by atoms with van der Waals surface area (Å²) in [6.07, 6.45) is 0.735. The van der Waals surface area contributed by atoms with Crippen LogP contribution in [0.1, 0.15) is 22.3 Å². The van der Waals surface area contributed by atoms with Crippen molar-refractivity contribution in [1.82, 2.24) is 10.6 Å². The molecule has 2 rings (SSSR count). The predicted molar refractivity (Wildman–Crippen MR) is 106 cm³/mol. The summed E-state index contributed by atoms with van der Waals surface area (Å²) in [5.74, 6) is 0.533. The monoisotopic (exact) mass is 396 g/mol. The molecule has 0 saturated heterocycles. The molecule has 2 aromatic carbocycles. The zero-order valence-electron chi connectivity index (χ0n) is 13.6. The highest BCUT2D eigenvalue weighted by molar-refractivity contribution is 7.80. The number of hydrogen-bond donors (Lipinski definition) is 2. The van der Waals surface area contributed by atoms with Crippen LogP contribution in [0.25, 0.3) is 0 Å². The molecule has 0 spiro atoms. The van der Waals surface area contributed by atoms with E-state index in [1.807, 2.05) is 19.1 Å². The first-order chi connectivity index (χ1) is 12.0. The van der Waals surface area contributed by atoms with Crippen LogP contribution in [0.3, 0.4) is 0 Å². The Balaban J connectivity index is 1.66. The summed E-state index contributed by atoms with van der Waals surface area (Å²) in [4.78, 5) is 12.0. The van der Waals surface area contributed by atoms with Crippen molar-refractivity contribution in [2.24, 2.45) is 0 Å². The summed E-state index contributed by atoms with van der Waals surface area (Å²) >= 11 is 16.8. The van der Waals surface area contributed by atoms with Gasteiger partial charge < -0.3 is 10.1 Å². The van der Waals surface area contributed by atoms with Crippen LogP contribution in [0.15, 0.2) is 42.5 Å². The molecule has 0 aliphatic heterocycles. The predicted octanol–water partition coefficient (Wildman–Crippen LogP) is 4.38. The van der Waals surface area contributed by atoms with Crippen molar-refractivity contribution in [3.05, 3.63) is 63.6 Å². The number of halogens is 2. The summed E-state index contributed by atoms with van der Waals surface area (Å²) in [6.45, 7) is 3.07. The van der Waals surface area contributed by atoms with Crippen molar-refractivity contribution in [3.8, 4) is 5.75 Å². The van der Waals surface area contributed by atoms with Crippen LogP contribution < -0.4 is 15.4 Å². The summed E-state index contributed by atoms with van der Waals surface area (Å²) < 4.78 is 5.69. The Hall–Kier alpha value is -1.82. The first-order valence-electron chi connectivity index (χ1n) is 7.69. The van der Waals surface area contributed by atoms with Gasteiger partial charge in [0.25, 0.3) is 5.91 Å². The van der Waals surface area contributed by atoms with Gasteiger partial charge in [-0.3, -0.25) is 10.1 Å². The third kappa shape index (κ3) is 6.53. The molecule has 0 fully saturated rings. The zero-order valence-corrected chi connectivity index (χ0v) is 16.0. The number of benzene rings is 2. The maximum atomic E-state index is 12.0.